The standard InChI is InChI=1S/C19H23N3O3S/c23-17(21-8-6-14-20-9-10-26-14)15-13-5-7-19(25-13)11-22(18(24)16(15)19)12-3-1-2-4-12/h5,7,9-10,12-13,15-16H,1-4,6,8,11H2,(H,21,23)/t13-,15-,16+,19-/m0/s1. The van der Waals surface area contributed by atoms with E-state index in [0.717, 1.165) is 24.3 Å². The lowest BCUT2D eigenvalue weighted by Gasteiger charge is -2.27. The molecular weight excluding hydrogens is 350 g/mol. The predicted molar refractivity (Wildman–Crippen MR) is 96.5 cm³/mol. The van der Waals surface area contributed by atoms with Crippen molar-refractivity contribution in [2.75, 3.05) is 13.1 Å². The lowest BCUT2D eigenvalue weighted by atomic mass is 9.77. The van der Waals surface area contributed by atoms with E-state index < -0.39 is 11.5 Å². The Morgan fingerprint density at radius 3 is 3.04 bits per heavy atom. The molecule has 1 aromatic heterocycles. The fourth-order valence-electron chi connectivity index (χ4n) is 5.14. The van der Waals surface area contributed by atoms with Crippen LogP contribution < -0.4 is 5.32 Å². The highest BCUT2D eigenvalue weighted by Crippen LogP contribution is 2.52. The molecule has 6 nitrogen and oxygen atoms in total. The molecule has 0 unspecified atom stereocenters. The normalized spacial score (nSPS) is 35.5. The largest absolute Gasteiger partial charge is 0.360 e. The van der Waals surface area contributed by atoms with Crippen molar-refractivity contribution >= 4 is 23.2 Å². The summed E-state index contributed by atoms with van der Waals surface area (Å²) in [7, 11) is 0. The van der Waals surface area contributed by atoms with Crippen LogP contribution in [0.4, 0.5) is 0 Å². The Balaban J connectivity index is 1.30. The summed E-state index contributed by atoms with van der Waals surface area (Å²) in [5.41, 5.74) is -0.582. The van der Waals surface area contributed by atoms with E-state index in [1.54, 1.807) is 17.5 Å². The first-order valence-electron chi connectivity index (χ1n) is 9.52. The van der Waals surface area contributed by atoms with Crippen LogP contribution in [0.1, 0.15) is 30.7 Å². The summed E-state index contributed by atoms with van der Waals surface area (Å²) in [6.45, 7) is 1.15. The highest BCUT2D eigenvalue weighted by atomic mass is 32.1. The predicted octanol–water partition coefficient (Wildman–Crippen LogP) is 1.53. The number of aromatic nitrogens is 1. The summed E-state index contributed by atoms with van der Waals surface area (Å²) < 4.78 is 6.19. The average molecular weight is 373 g/mol. The number of thiazole rings is 1. The number of nitrogens with zero attached hydrogens (tertiary/aromatic N) is 2. The van der Waals surface area contributed by atoms with Gasteiger partial charge in [-0.1, -0.05) is 25.0 Å². The zero-order valence-electron chi connectivity index (χ0n) is 14.6. The Hall–Kier alpha value is -1.73. The number of fused-ring (bicyclic) bond motifs is 1. The Morgan fingerprint density at radius 1 is 1.42 bits per heavy atom. The fraction of sp³-hybridized carbons (Fsp3) is 0.632. The molecule has 2 amide bonds. The maximum Gasteiger partial charge on any atom is 0.230 e. The van der Waals surface area contributed by atoms with Crippen LogP contribution in [0, 0.1) is 11.8 Å². The van der Waals surface area contributed by atoms with Gasteiger partial charge in [-0.15, -0.1) is 11.3 Å². The van der Waals surface area contributed by atoms with Crippen molar-refractivity contribution in [1.29, 1.82) is 0 Å². The number of carbonyl (C=O) groups is 2. The number of hydrogen-bond donors (Lipinski definition) is 1. The molecule has 3 fully saturated rings. The van der Waals surface area contributed by atoms with Gasteiger partial charge in [-0.25, -0.2) is 4.98 Å². The molecule has 0 radical (unpaired) electrons. The maximum atomic E-state index is 13.2. The molecule has 4 atom stereocenters. The third-order valence-corrected chi connectivity index (χ3v) is 7.16. The third kappa shape index (κ3) is 2.44. The molecule has 0 aromatic carbocycles. The van der Waals surface area contributed by atoms with Crippen LogP contribution in [0.2, 0.25) is 0 Å². The summed E-state index contributed by atoms with van der Waals surface area (Å²) in [5.74, 6) is -0.721. The number of carbonyl (C=O) groups excluding carboxylic acids is 2. The molecule has 5 rings (SSSR count). The Labute approximate surface area is 156 Å². The minimum absolute atomic E-state index is 0.0654. The molecule has 1 N–H and O–H groups in total. The van der Waals surface area contributed by atoms with Gasteiger partial charge in [-0.05, 0) is 12.8 Å². The first-order chi connectivity index (χ1) is 12.7. The van der Waals surface area contributed by atoms with Crippen molar-refractivity contribution in [1.82, 2.24) is 15.2 Å². The third-order valence-electron chi connectivity index (χ3n) is 6.32. The van der Waals surface area contributed by atoms with Crippen LogP contribution in [0.15, 0.2) is 23.7 Å². The Kier molecular flexibility index (Phi) is 3.90. The van der Waals surface area contributed by atoms with Gasteiger partial charge in [-0.3, -0.25) is 9.59 Å². The van der Waals surface area contributed by atoms with E-state index in [4.69, 9.17) is 4.74 Å². The second kappa shape index (κ2) is 6.16. The molecule has 4 heterocycles. The molecule has 1 spiro atoms. The van der Waals surface area contributed by atoms with Crippen LogP contribution in [0.3, 0.4) is 0 Å². The summed E-state index contributed by atoms with van der Waals surface area (Å²) >= 11 is 1.59. The molecule has 7 heteroatoms. The van der Waals surface area contributed by atoms with Crippen molar-refractivity contribution in [2.45, 2.75) is 49.9 Å². The zero-order valence-corrected chi connectivity index (χ0v) is 15.4. The highest BCUT2D eigenvalue weighted by molar-refractivity contribution is 7.09. The lowest BCUT2D eigenvalue weighted by Crippen LogP contribution is -2.45. The molecule has 1 aromatic rings. The van der Waals surface area contributed by atoms with Crippen LogP contribution in [0.25, 0.3) is 0 Å². The summed E-state index contributed by atoms with van der Waals surface area (Å²) in [6.07, 6.45) is 10.8. The minimum Gasteiger partial charge on any atom is -0.360 e. The molecule has 1 aliphatic carbocycles. The molecule has 2 bridgehead atoms. The van der Waals surface area contributed by atoms with Crippen molar-refractivity contribution in [3.8, 4) is 0 Å². The first-order valence-corrected chi connectivity index (χ1v) is 10.4. The van der Waals surface area contributed by atoms with E-state index >= 15 is 0 Å². The SMILES string of the molecule is O=C(NCCc1nccs1)[C@H]1[C@@H]2C=C[C@@]3(CN(C4CCCC4)C(=O)[C@@H]13)O2. The fourth-order valence-corrected chi connectivity index (χ4v) is 5.76. The van der Waals surface area contributed by atoms with Crippen LogP contribution >= 0.6 is 11.3 Å². The lowest BCUT2D eigenvalue weighted by molar-refractivity contribution is -0.138. The van der Waals surface area contributed by atoms with Crippen LogP contribution in [-0.4, -0.2) is 52.5 Å². The monoisotopic (exact) mass is 373 g/mol. The molecule has 4 aliphatic rings. The van der Waals surface area contributed by atoms with Gasteiger partial charge in [0.25, 0.3) is 0 Å². The van der Waals surface area contributed by atoms with Crippen molar-refractivity contribution in [2.24, 2.45) is 11.8 Å². The van der Waals surface area contributed by atoms with Gasteiger partial charge in [0.1, 0.15) is 5.60 Å². The van der Waals surface area contributed by atoms with Crippen molar-refractivity contribution in [3.63, 3.8) is 0 Å². The quantitative estimate of drug-likeness (QED) is 0.795. The number of ether oxygens (including phenoxy) is 1. The van der Waals surface area contributed by atoms with Gasteiger partial charge in [-0.2, -0.15) is 0 Å². The summed E-state index contributed by atoms with van der Waals surface area (Å²) in [4.78, 5) is 32.3. The second-order valence-electron chi connectivity index (χ2n) is 7.77. The van der Waals surface area contributed by atoms with Crippen molar-refractivity contribution < 1.29 is 14.3 Å². The van der Waals surface area contributed by atoms with Gasteiger partial charge in [0.05, 0.1) is 29.5 Å². The van der Waals surface area contributed by atoms with E-state index in [1.807, 2.05) is 22.4 Å². The summed E-state index contributed by atoms with van der Waals surface area (Å²) in [6, 6.07) is 0.326. The van der Waals surface area contributed by atoms with E-state index in [9.17, 15) is 9.59 Å². The number of hydrogen-bond acceptors (Lipinski definition) is 5. The second-order valence-corrected chi connectivity index (χ2v) is 8.75. The number of amides is 2. The van der Waals surface area contributed by atoms with Crippen LogP contribution in [0.5, 0.6) is 0 Å². The highest BCUT2D eigenvalue weighted by Gasteiger charge is 2.67. The number of rotatable bonds is 5. The topological polar surface area (TPSA) is 71.5 Å². The van der Waals surface area contributed by atoms with Gasteiger partial charge < -0.3 is 15.0 Å². The van der Waals surface area contributed by atoms with Crippen LogP contribution in [-0.2, 0) is 20.7 Å². The van der Waals surface area contributed by atoms with Gasteiger partial charge in [0.2, 0.25) is 11.8 Å². The molecular formula is C19H23N3O3S. The molecule has 1 saturated carbocycles. The van der Waals surface area contributed by atoms with Crippen molar-refractivity contribution in [3.05, 3.63) is 28.7 Å². The molecule has 26 heavy (non-hydrogen) atoms. The average Bonchev–Trinajstić information content (AvgIpc) is 3.43. The van der Waals surface area contributed by atoms with E-state index in [-0.39, 0.29) is 23.8 Å². The van der Waals surface area contributed by atoms with E-state index in [2.05, 4.69) is 10.3 Å². The first kappa shape index (κ1) is 16.4. The maximum absolute atomic E-state index is 13.2. The Bertz CT molecular complexity index is 743. The van der Waals surface area contributed by atoms with Gasteiger partial charge >= 0.3 is 0 Å². The van der Waals surface area contributed by atoms with E-state index in [1.165, 1.54) is 12.8 Å². The summed E-state index contributed by atoms with van der Waals surface area (Å²) in [5, 5.41) is 5.95. The van der Waals surface area contributed by atoms with Gasteiger partial charge in [0.15, 0.2) is 0 Å². The van der Waals surface area contributed by atoms with E-state index in [0.29, 0.717) is 19.1 Å². The number of likely N-dealkylation sites (tertiary alicyclic amines) is 1. The zero-order chi connectivity index (χ0) is 17.7. The molecule has 138 valence electrons. The molecule has 2 saturated heterocycles. The number of nitrogens with one attached hydrogen (secondary N) is 1. The van der Waals surface area contributed by atoms with Gasteiger partial charge in [0, 0.05) is 30.6 Å². The Morgan fingerprint density at radius 2 is 2.27 bits per heavy atom. The smallest absolute Gasteiger partial charge is 0.230 e. The molecule has 3 aliphatic heterocycles. The minimum atomic E-state index is -0.582.